The molecular formula is C18H31IN4O. The number of likely N-dealkylation sites (tertiary alicyclic amines) is 1. The minimum atomic E-state index is 0. The Morgan fingerprint density at radius 2 is 2.17 bits per heavy atom. The summed E-state index contributed by atoms with van der Waals surface area (Å²) in [6.45, 7) is 9.53. The molecule has 1 atom stereocenters. The highest BCUT2D eigenvalue weighted by Crippen LogP contribution is 2.19. The van der Waals surface area contributed by atoms with E-state index in [9.17, 15) is 0 Å². The third-order valence-electron chi connectivity index (χ3n) is 4.49. The summed E-state index contributed by atoms with van der Waals surface area (Å²) in [5, 5.41) is 6.82. The summed E-state index contributed by atoms with van der Waals surface area (Å²) in [4.78, 5) is 6.82. The van der Waals surface area contributed by atoms with Crippen LogP contribution in [0.15, 0.2) is 23.2 Å². The van der Waals surface area contributed by atoms with Crippen LogP contribution in [0.5, 0.6) is 5.75 Å². The summed E-state index contributed by atoms with van der Waals surface area (Å²) < 4.78 is 5.45. The summed E-state index contributed by atoms with van der Waals surface area (Å²) in [5.74, 6) is 2.48. The lowest BCUT2D eigenvalue weighted by Crippen LogP contribution is -2.40. The average molecular weight is 446 g/mol. The molecule has 2 rings (SSSR count). The number of methoxy groups -OCH3 is 1. The number of aliphatic imine (C=N–C) groups is 1. The zero-order chi connectivity index (χ0) is 16.7. The zero-order valence-electron chi connectivity index (χ0n) is 15.3. The van der Waals surface area contributed by atoms with E-state index in [1.807, 2.05) is 7.05 Å². The van der Waals surface area contributed by atoms with E-state index in [1.165, 1.54) is 25.1 Å². The Kier molecular flexibility index (Phi) is 9.43. The van der Waals surface area contributed by atoms with Crippen LogP contribution in [0.25, 0.3) is 0 Å². The molecule has 0 aliphatic carbocycles. The standard InChI is InChI=1S/C18H30N4O.HI/c1-5-22-9-8-15(13-22)11-20-18(19-3)21-12-16-7-6-14(2)10-17(16)23-4;/h6-7,10,15H,5,8-9,11-13H2,1-4H3,(H2,19,20,21);1H. The predicted octanol–water partition coefficient (Wildman–Crippen LogP) is 2.63. The number of nitrogens with zero attached hydrogens (tertiary/aromatic N) is 2. The van der Waals surface area contributed by atoms with Gasteiger partial charge in [-0.2, -0.15) is 0 Å². The summed E-state index contributed by atoms with van der Waals surface area (Å²) >= 11 is 0. The highest BCUT2D eigenvalue weighted by molar-refractivity contribution is 14.0. The number of halogens is 1. The molecule has 0 aromatic heterocycles. The Balaban J connectivity index is 0.00000288. The fraction of sp³-hybridized carbons (Fsp3) is 0.611. The van der Waals surface area contributed by atoms with Crippen molar-refractivity contribution in [1.82, 2.24) is 15.5 Å². The van der Waals surface area contributed by atoms with Gasteiger partial charge >= 0.3 is 0 Å². The van der Waals surface area contributed by atoms with Gasteiger partial charge in [0.15, 0.2) is 5.96 Å². The molecule has 1 fully saturated rings. The molecule has 1 aromatic rings. The fourth-order valence-electron chi connectivity index (χ4n) is 3.01. The van der Waals surface area contributed by atoms with Crippen molar-refractivity contribution >= 4 is 29.9 Å². The molecular weight excluding hydrogens is 415 g/mol. The monoisotopic (exact) mass is 446 g/mol. The molecule has 1 heterocycles. The van der Waals surface area contributed by atoms with E-state index in [-0.39, 0.29) is 24.0 Å². The van der Waals surface area contributed by atoms with E-state index in [4.69, 9.17) is 4.74 Å². The van der Waals surface area contributed by atoms with Crippen molar-refractivity contribution in [3.63, 3.8) is 0 Å². The van der Waals surface area contributed by atoms with Crippen molar-refractivity contribution in [3.05, 3.63) is 29.3 Å². The van der Waals surface area contributed by atoms with Crippen molar-refractivity contribution in [3.8, 4) is 5.75 Å². The normalized spacial score (nSPS) is 18.2. The molecule has 0 radical (unpaired) electrons. The van der Waals surface area contributed by atoms with Crippen LogP contribution in [0.2, 0.25) is 0 Å². The van der Waals surface area contributed by atoms with Gasteiger partial charge in [0.05, 0.1) is 7.11 Å². The lowest BCUT2D eigenvalue weighted by molar-refractivity contribution is 0.342. The van der Waals surface area contributed by atoms with Crippen LogP contribution in [0, 0.1) is 12.8 Å². The van der Waals surface area contributed by atoms with Crippen LogP contribution in [-0.2, 0) is 6.54 Å². The molecule has 136 valence electrons. The summed E-state index contributed by atoms with van der Waals surface area (Å²) in [5.41, 5.74) is 2.34. The number of aryl methyl sites for hydroxylation is 1. The van der Waals surface area contributed by atoms with Crippen LogP contribution >= 0.6 is 24.0 Å². The fourth-order valence-corrected chi connectivity index (χ4v) is 3.01. The second-order valence-electron chi connectivity index (χ2n) is 6.17. The smallest absolute Gasteiger partial charge is 0.191 e. The molecule has 1 aliphatic heterocycles. The first-order chi connectivity index (χ1) is 11.2. The maximum atomic E-state index is 5.45. The number of hydrogen-bond donors (Lipinski definition) is 2. The molecule has 1 aromatic carbocycles. The Bertz CT molecular complexity index is 536. The van der Waals surface area contributed by atoms with Gasteiger partial charge in [0.1, 0.15) is 5.75 Å². The molecule has 24 heavy (non-hydrogen) atoms. The summed E-state index contributed by atoms with van der Waals surface area (Å²) in [6, 6.07) is 6.27. The second-order valence-corrected chi connectivity index (χ2v) is 6.17. The maximum absolute atomic E-state index is 5.45. The molecule has 1 saturated heterocycles. The molecule has 0 saturated carbocycles. The zero-order valence-corrected chi connectivity index (χ0v) is 17.6. The lowest BCUT2D eigenvalue weighted by Gasteiger charge is -2.17. The summed E-state index contributed by atoms with van der Waals surface area (Å²) in [6.07, 6.45) is 1.27. The molecule has 1 aliphatic rings. The van der Waals surface area contributed by atoms with E-state index in [1.54, 1.807) is 7.11 Å². The number of nitrogens with one attached hydrogen (secondary N) is 2. The van der Waals surface area contributed by atoms with Crippen LogP contribution < -0.4 is 15.4 Å². The SMILES string of the molecule is CCN1CCC(CNC(=NC)NCc2ccc(C)cc2OC)C1.I. The van der Waals surface area contributed by atoms with Crippen molar-refractivity contribution in [1.29, 1.82) is 0 Å². The number of hydrogen-bond acceptors (Lipinski definition) is 3. The first-order valence-corrected chi connectivity index (χ1v) is 8.46. The maximum Gasteiger partial charge on any atom is 0.191 e. The highest BCUT2D eigenvalue weighted by Gasteiger charge is 2.20. The van der Waals surface area contributed by atoms with Gasteiger partial charge in [0, 0.05) is 32.2 Å². The minimum absolute atomic E-state index is 0. The quantitative estimate of drug-likeness (QED) is 0.401. The van der Waals surface area contributed by atoms with Crippen molar-refractivity contribution in [2.45, 2.75) is 26.8 Å². The Morgan fingerprint density at radius 1 is 1.38 bits per heavy atom. The lowest BCUT2D eigenvalue weighted by atomic mass is 10.1. The van der Waals surface area contributed by atoms with E-state index in [0.717, 1.165) is 30.4 Å². The van der Waals surface area contributed by atoms with Gasteiger partial charge in [0.25, 0.3) is 0 Å². The van der Waals surface area contributed by atoms with Gasteiger partial charge in [-0.25, -0.2) is 0 Å². The number of guanidine groups is 1. The molecule has 5 nitrogen and oxygen atoms in total. The third-order valence-corrected chi connectivity index (χ3v) is 4.49. The van der Waals surface area contributed by atoms with Crippen LogP contribution in [0.4, 0.5) is 0 Å². The van der Waals surface area contributed by atoms with Gasteiger partial charge in [-0.3, -0.25) is 4.99 Å². The number of rotatable bonds is 6. The van der Waals surface area contributed by atoms with Crippen molar-refractivity contribution < 1.29 is 4.74 Å². The van der Waals surface area contributed by atoms with Crippen LogP contribution in [0.1, 0.15) is 24.5 Å². The van der Waals surface area contributed by atoms with E-state index >= 15 is 0 Å². The molecule has 0 amide bonds. The van der Waals surface area contributed by atoms with E-state index in [2.05, 4.69) is 52.6 Å². The number of ether oxygens (including phenoxy) is 1. The van der Waals surface area contributed by atoms with Gasteiger partial charge in [0.2, 0.25) is 0 Å². The number of benzene rings is 1. The second kappa shape index (κ2) is 10.8. The van der Waals surface area contributed by atoms with Gasteiger partial charge < -0.3 is 20.3 Å². The van der Waals surface area contributed by atoms with Gasteiger partial charge in [-0.15, -0.1) is 24.0 Å². The Morgan fingerprint density at radius 3 is 2.79 bits per heavy atom. The molecule has 6 heteroatoms. The Labute approximate surface area is 163 Å². The van der Waals surface area contributed by atoms with E-state index in [0.29, 0.717) is 12.5 Å². The van der Waals surface area contributed by atoms with Crippen molar-refractivity contribution in [2.24, 2.45) is 10.9 Å². The molecule has 2 N–H and O–H groups in total. The molecule has 0 spiro atoms. The third kappa shape index (κ3) is 6.12. The molecule has 0 bridgehead atoms. The first-order valence-electron chi connectivity index (χ1n) is 8.46. The largest absolute Gasteiger partial charge is 0.496 e. The van der Waals surface area contributed by atoms with Crippen molar-refractivity contribution in [2.75, 3.05) is 40.3 Å². The van der Waals surface area contributed by atoms with Crippen LogP contribution in [-0.4, -0.2) is 51.2 Å². The van der Waals surface area contributed by atoms with Gasteiger partial charge in [-0.05, 0) is 44.0 Å². The highest BCUT2D eigenvalue weighted by atomic mass is 127. The summed E-state index contributed by atoms with van der Waals surface area (Å²) in [7, 11) is 3.53. The minimum Gasteiger partial charge on any atom is -0.496 e. The van der Waals surface area contributed by atoms with Crippen LogP contribution in [0.3, 0.4) is 0 Å². The predicted molar refractivity (Wildman–Crippen MR) is 112 cm³/mol. The Hall–Kier alpha value is -1.02. The van der Waals surface area contributed by atoms with Gasteiger partial charge in [-0.1, -0.05) is 19.1 Å². The van der Waals surface area contributed by atoms with E-state index < -0.39 is 0 Å². The average Bonchev–Trinajstić information content (AvgIpc) is 3.04. The first kappa shape index (κ1) is 21.0. The molecule has 1 unspecified atom stereocenters. The topological polar surface area (TPSA) is 48.9 Å².